The Morgan fingerprint density at radius 3 is 2.50 bits per heavy atom. The van der Waals surface area contributed by atoms with Crippen LogP contribution in [0, 0.1) is 0 Å². The molecule has 32 heavy (non-hydrogen) atoms. The van der Waals surface area contributed by atoms with E-state index < -0.39 is 0 Å². The summed E-state index contributed by atoms with van der Waals surface area (Å²) in [6.07, 6.45) is 3.81. The van der Waals surface area contributed by atoms with Crippen LogP contribution in [0.3, 0.4) is 0 Å². The highest BCUT2D eigenvalue weighted by molar-refractivity contribution is 5.83. The smallest absolute Gasteiger partial charge is 0.220 e. The maximum Gasteiger partial charge on any atom is 0.220 e. The van der Waals surface area contributed by atoms with Gasteiger partial charge in [-0.25, -0.2) is 0 Å². The molecule has 1 heterocycles. The molecule has 4 rings (SSSR count). The summed E-state index contributed by atoms with van der Waals surface area (Å²) in [6.45, 7) is 0.606. The zero-order chi connectivity index (χ0) is 22.4. The number of carbonyl (C=O) groups is 2. The number of methoxy groups -OCH3 is 1. The van der Waals surface area contributed by atoms with Crippen molar-refractivity contribution in [2.45, 2.75) is 44.1 Å². The highest BCUT2D eigenvalue weighted by atomic mass is 16.5. The molecule has 5 nitrogen and oxygen atoms in total. The predicted molar refractivity (Wildman–Crippen MR) is 127 cm³/mol. The lowest BCUT2D eigenvalue weighted by Crippen LogP contribution is -2.44. The molecule has 1 aliphatic heterocycles. The van der Waals surface area contributed by atoms with E-state index in [1.807, 2.05) is 36.4 Å². The van der Waals surface area contributed by atoms with Crippen molar-refractivity contribution in [3.63, 3.8) is 0 Å². The van der Waals surface area contributed by atoms with Gasteiger partial charge in [-0.05, 0) is 59.7 Å². The lowest BCUT2D eigenvalue weighted by atomic mass is 9.85. The van der Waals surface area contributed by atoms with E-state index in [9.17, 15) is 9.59 Å². The Hall–Kier alpha value is -3.34. The fraction of sp³-hybridized carbons (Fsp3) is 0.333. The lowest BCUT2D eigenvalue weighted by molar-refractivity contribution is -0.122. The molecule has 0 bridgehead atoms. The average Bonchev–Trinajstić information content (AvgIpc) is 3.18. The van der Waals surface area contributed by atoms with Gasteiger partial charge in [0.2, 0.25) is 11.8 Å². The van der Waals surface area contributed by atoms with Gasteiger partial charge in [-0.1, -0.05) is 54.6 Å². The number of fused-ring (bicyclic) bond motifs is 1. The number of benzene rings is 3. The number of rotatable bonds is 9. The van der Waals surface area contributed by atoms with Crippen LogP contribution in [0.1, 0.15) is 36.8 Å². The highest BCUT2D eigenvalue weighted by Crippen LogP contribution is 2.30. The van der Waals surface area contributed by atoms with Crippen molar-refractivity contribution in [2.24, 2.45) is 0 Å². The molecule has 1 atom stereocenters. The second-order valence-electron chi connectivity index (χ2n) is 8.63. The summed E-state index contributed by atoms with van der Waals surface area (Å²) >= 11 is 0. The highest BCUT2D eigenvalue weighted by Gasteiger charge is 2.37. The summed E-state index contributed by atoms with van der Waals surface area (Å²) in [7, 11) is 1.65. The zero-order valence-corrected chi connectivity index (χ0v) is 18.5. The molecular weight excluding hydrogens is 400 g/mol. The topological polar surface area (TPSA) is 67.4 Å². The van der Waals surface area contributed by atoms with Crippen LogP contribution in [0.15, 0.2) is 66.7 Å². The van der Waals surface area contributed by atoms with Crippen LogP contribution < -0.4 is 15.4 Å². The molecule has 3 aromatic rings. The van der Waals surface area contributed by atoms with Crippen molar-refractivity contribution >= 4 is 22.6 Å². The quantitative estimate of drug-likeness (QED) is 0.535. The minimum Gasteiger partial charge on any atom is -0.497 e. The van der Waals surface area contributed by atoms with Crippen LogP contribution in [0.5, 0.6) is 5.75 Å². The van der Waals surface area contributed by atoms with E-state index in [-0.39, 0.29) is 17.4 Å². The van der Waals surface area contributed by atoms with E-state index in [4.69, 9.17) is 4.74 Å². The van der Waals surface area contributed by atoms with Gasteiger partial charge in [-0.2, -0.15) is 0 Å². The van der Waals surface area contributed by atoms with Gasteiger partial charge >= 0.3 is 0 Å². The molecule has 1 saturated heterocycles. The summed E-state index contributed by atoms with van der Waals surface area (Å²) in [4.78, 5) is 24.5. The van der Waals surface area contributed by atoms with Crippen LogP contribution in [-0.2, 0) is 22.4 Å². The predicted octanol–water partition coefficient (Wildman–Crippen LogP) is 4.18. The zero-order valence-electron chi connectivity index (χ0n) is 18.5. The molecule has 3 aromatic carbocycles. The SMILES string of the molecule is COc1ccc(CC2(CCC(=O)NCCc3ccc4ccccc4c3)CCC(=O)N2)cc1. The van der Waals surface area contributed by atoms with E-state index >= 15 is 0 Å². The Bertz CT molecular complexity index is 1090. The third kappa shape index (κ3) is 5.47. The van der Waals surface area contributed by atoms with Gasteiger partial charge in [0.25, 0.3) is 0 Å². The molecule has 0 radical (unpaired) electrons. The Morgan fingerprint density at radius 1 is 1.03 bits per heavy atom. The van der Waals surface area contributed by atoms with Gasteiger partial charge in [0.15, 0.2) is 0 Å². The maximum absolute atomic E-state index is 12.5. The van der Waals surface area contributed by atoms with Crippen molar-refractivity contribution in [3.05, 3.63) is 77.9 Å². The first-order valence-corrected chi connectivity index (χ1v) is 11.2. The number of hydrogen-bond acceptors (Lipinski definition) is 3. The first kappa shape index (κ1) is 21.9. The van der Waals surface area contributed by atoms with Crippen LogP contribution in [0.2, 0.25) is 0 Å². The third-order valence-electron chi connectivity index (χ3n) is 6.32. The van der Waals surface area contributed by atoms with Gasteiger partial charge in [0.05, 0.1) is 7.11 Å². The van der Waals surface area contributed by atoms with E-state index in [0.717, 1.165) is 24.2 Å². The van der Waals surface area contributed by atoms with Crippen LogP contribution in [0.4, 0.5) is 0 Å². The minimum atomic E-state index is -0.360. The first-order valence-electron chi connectivity index (χ1n) is 11.2. The van der Waals surface area contributed by atoms with E-state index in [1.54, 1.807) is 7.11 Å². The normalized spacial score (nSPS) is 17.8. The second-order valence-corrected chi connectivity index (χ2v) is 8.63. The summed E-state index contributed by atoms with van der Waals surface area (Å²) < 4.78 is 5.23. The van der Waals surface area contributed by atoms with Crippen LogP contribution in [0.25, 0.3) is 10.8 Å². The monoisotopic (exact) mass is 430 g/mol. The molecular formula is C27H30N2O3. The molecule has 0 saturated carbocycles. The first-order chi connectivity index (χ1) is 15.5. The van der Waals surface area contributed by atoms with Gasteiger partial charge in [0.1, 0.15) is 5.75 Å². The molecule has 166 valence electrons. The van der Waals surface area contributed by atoms with E-state index in [2.05, 4.69) is 41.0 Å². The van der Waals surface area contributed by atoms with E-state index in [1.165, 1.54) is 16.3 Å². The number of ether oxygens (including phenoxy) is 1. The molecule has 1 unspecified atom stereocenters. The Labute approximate surface area is 189 Å². The largest absolute Gasteiger partial charge is 0.497 e. The van der Waals surface area contributed by atoms with Gasteiger partial charge in [-0.3, -0.25) is 9.59 Å². The number of amides is 2. The molecule has 2 amide bonds. The number of hydrogen-bond donors (Lipinski definition) is 2. The van der Waals surface area contributed by atoms with Crippen LogP contribution in [-0.4, -0.2) is 31.0 Å². The third-order valence-corrected chi connectivity index (χ3v) is 6.32. The number of carbonyl (C=O) groups excluding carboxylic acids is 2. The molecule has 0 aromatic heterocycles. The Morgan fingerprint density at radius 2 is 1.78 bits per heavy atom. The fourth-order valence-corrected chi connectivity index (χ4v) is 4.50. The summed E-state index contributed by atoms with van der Waals surface area (Å²) in [5.41, 5.74) is 1.98. The standard InChI is InChI=1S/C27H30N2O3/c1-32-24-10-7-21(8-11-24)19-27(16-13-26(31)29-27)15-12-25(30)28-17-14-20-6-9-22-4-2-3-5-23(22)18-20/h2-11,18H,12-17,19H2,1H3,(H,28,30)(H,29,31). The van der Waals surface area contributed by atoms with Crippen molar-refractivity contribution in [3.8, 4) is 5.75 Å². The molecule has 1 fully saturated rings. The summed E-state index contributed by atoms with van der Waals surface area (Å²) in [5, 5.41) is 8.63. The van der Waals surface area contributed by atoms with Crippen molar-refractivity contribution in [2.75, 3.05) is 13.7 Å². The lowest BCUT2D eigenvalue weighted by Gasteiger charge is -2.29. The van der Waals surface area contributed by atoms with E-state index in [0.29, 0.717) is 32.2 Å². The molecule has 5 heteroatoms. The van der Waals surface area contributed by atoms with Gasteiger partial charge in [-0.15, -0.1) is 0 Å². The summed E-state index contributed by atoms with van der Waals surface area (Å²) in [5.74, 6) is 0.903. The Balaban J connectivity index is 1.29. The average molecular weight is 431 g/mol. The molecule has 1 aliphatic rings. The van der Waals surface area contributed by atoms with Crippen molar-refractivity contribution in [1.29, 1.82) is 0 Å². The Kier molecular flexibility index (Phi) is 6.74. The molecule has 0 spiro atoms. The molecule has 2 N–H and O–H groups in total. The van der Waals surface area contributed by atoms with Crippen molar-refractivity contribution < 1.29 is 14.3 Å². The van der Waals surface area contributed by atoms with Crippen molar-refractivity contribution in [1.82, 2.24) is 10.6 Å². The maximum atomic E-state index is 12.5. The second kappa shape index (κ2) is 9.86. The van der Waals surface area contributed by atoms with Gasteiger partial charge < -0.3 is 15.4 Å². The number of nitrogens with one attached hydrogen (secondary N) is 2. The summed E-state index contributed by atoms with van der Waals surface area (Å²) in [6, 6.07) is 22.6. The van der Waals surface area contributed by atoms with Gasteiger partial charge in [0, 0.05) is 24.9 Å². The van der Waals surface area contributed by atoms with Crippen LogP contribution >= 0.6 is 0 Å². The minimum absolute atomic E-state index is 0.0287. The molecule has 0 aliphatic carbocycles. The fourth-order valence-electron chi connectivity index (χ4n) is 4.50.